The van der Waals surface area contributed by atoms with E-state index in [1.807, 2.05) is 13.8 Å². The molecule has 5 aliphatic carbocycles. The molecule has 0 heterocycles. The van der Waals surface area contributed by atoms with Gasteiger partial charge in [0.1, 0.15) is 0 Å². The molecule has 12 atom stereocenters. The first kappa shape index (κ1) is 27.1. The second-order valence-electron chi connectivity index (χ2n) is 15.3. The van der Waals surface area contributed by atoms with Gasteiger partial charge in [0, 0.05) is 5.41 Å². The number of allylic oxidation sites excluding steroid dienone is 1. The van der Waals surface area contributed by atoms with E-state index in [1.165, 1.54) is 0 Å². The van der Waals surface area contributed by atoms with Gasteiger partial charge < -0.3 is 30.6 Å². The zero-order valence-corrected chi connectivity index (χ0v) is 23.3. The fourth-order valence-corrected chi connectivity index (χ4v) is 10.9. The Kier molecular flexibility index (Phi) is 5.86. The fraction of sp³-hybridized carbons (Fsp3) is 0.933. The Hall–Kier alpha value is -0.500. The zero-order valence-electron chi connectivity index (χ0n) is 23.3. The van der Waals surface area contributed by atoms with Gasteiger partial charge in [0.05, 0.1) is 42.5 Å². The minimum atomic E-state index is -1.40. The smallest absolute Gasteiger partial charge is 0.0917 e. The Bertz CT molecular complexity index is 944. The van der Waals surface area contributed by atoms with E-state index in [1.54, 1.807) is 0 Å². The van der Waals surface area contributed by atoms with Crippen LogP contribution in [0.5, 0.6) is 0 Å². The Balaban J connectivity index is 1.67. The minimum Gasteiger partial charge on any atom is -0.396 e. The highest BCUT2D eigenvalue weighted by Gasteiger charge is 2.74. The van der Waals surface area contributed by atoms with E-state index in [2.05, 4.69) is 40.7 Å². The average Bonchev–Trinajstić information content (AvgIpc) is 2.80. The van der Waals surface area contributed by atoms with Gasteiger partial charge in [0.25, 0.3) is 0 Å². The average molecular weight is 507 g/mol. The zero-order chi connectivity index (χ0) is 26.9. The number of hydrogen-bond acceptors (Lipinski definition) is 6. The van der Waals surface area contributed by atoms with Crippen molar-refractivity contribution in [3.63, 3.8) is 0 Å². The van der Waals surface area contributed by atoms with Crippen LogP contribution in [-0.2, 0) is 0 Å². The Labute approximate surface area is 216 Å². The first-order valence-electron chi connectivity index (χ1n) is 14.2. The Morgan fingerprint density at radius 1 is 0.778 bits per heavy atom. The third kappa shape index (κ3) is 2.85. The molecule has 0 aliphatic heterocycles. The standard InChI is InChI=1S/C30H50O6/c1-25(2)14-17-16-8-9-19-27(5)12-11-20(32)26(3,4)18(27)10-13-28(19,6)29(16,7)22(34)24(36)30(17,15-31)23(35)21(25)33/h8,17-24,31-36H,9-15H2,1-7H3/t17-,18-,19+,20+,21+,22+,23+,24+,27+,28-,29+,30-/m1/s1. The fourth-order valence-electron chi connectivity index (χ4n) is 10.9. The van der Waals surface area contributed by atoms with Crippen LogP contribution in [0.2, 0.25) is 0 Å². The minimum absolute atomic E-state index is 0.00149. The van der Waals surface area contributed by atoms with Gasteiger partial charge in [-0.1, -0.05) is 60.1 Å². The van der Waals surface area contributed by atoms with E-state index in [9.17, 15) is 30.6 Å². The van der Waals surface area contributed by atoms with Crippen molar-refractivity contribution in [2.75, 3.05) is 6.61 Å². The maximum Gasteiger partial charge on any atom is 0.0917 e. The molecule has 0 radical (unpaired) electrons. The molecule has 6 N–H and O–H groups in total. The van der Waals surface area contributed by atoms with Crippen LogP contribution in [0, 0.1) is 50.2 Å². The van der Waals surface area contributed by atoms with Crippen LogP contribution >= 0.6 is 0 Å². The van der Waals surface area contributed by atoms with Gasteiger partial charge in [-0.2, -0.15) is 0 Å². The van der Waals surface area contributed by atoms with Crippen molar-refractivity contribution in [3.05, 3.63) is 11.6 Å². The van der Waals surface area contributed by atoms with Crippen molar-refractivity contribution in [3.8, 4) is 0 Å². The lowest BCUT2D eigenvalue weighted by Crippen LogP contribution is -2.76. The van der Waals surface area contributed by atoms with E-state index in [4.69, 9.17) is 0 Å². The molecule has 0 amide bonds. The molecule has 6 nitrogen and oxygen atoms in total. The molecule has 6 heteroatoms. The van der Waals surface area contributed by atoms with Gasteiger partial charge in [0.15, 0.2) is 0 Å². The van der Waals surface area contributed by atoms with Crippen molar-refractivity contribution in [2.45, 2.75) is 118 Å². The molecular weight excluding hydrogens is 456 g/mol. The molecule has 0 aromatic heterocycles. The van der Waals surface area contributed by atoms with Crippen LogP contribution in [0.25, 0.3) is 0 Å². The van der Waals surface area contributed by atoms with Crippen LogP contribution in [0.15, 0.2) is 11.6 Å². The van der Waals surface area contributed by atoms with Crippen LogP contribution in [0.4, 0.5) is 0 Å². The van der Waals surface area contributed by atoms with Crippen molar-refractivity contribution < 1.29 is 30.6 Å². The summed E-state index contributed by atoms with van der Waals surface area (Å²) >= 11 is 0. The van der Waals surface area contributed by atoms with E-state index in [0.29, 0.717) is 12.3 Å². The molecule has 0 spiro atoms. The molecule has 206 valence electrons. The van der Waals surface area contributed by atoms with Crippen molar-refractivity contribution in [2.24, 2.45) is 50.2 Å². The summed E-state index contributed by atoms with van der Waals surface area (Å²) < 4.78 is 0. The van der Waals surface area contributed by atoms with Crippen LogP contribution < -0.4 is 0 Å². The lowest BCUT2D eigenvalue weighted by atomic mass is 9.32. The molecule has 0 saturated heterocycles. The second-order valence-corrected chi connectivity index (χ2v) is 15.3. The van der Waals surface area contributed by atoms with E-state index >= 15 is 0 Å². The van der Waals surface area contributed by atoms with Gasteiger partial charge in [-0.05, 0) is 77.9 Å². The summed E-state index contributed by atoms with van der Waals surface area (Å²) in [5, 5.41) is 67.7. The predicted molar refractivity (Wildman–Crippen MR) is 138 cm³/mol. The third-order valence-corrected chi connectivity index (χ3v) is 13.5. The maximum absolute atomic E-state index is 12.0. The van der Waals surface area contributed by atoms with Crippen molar-refractivity contribution in [1.29, 1.82) is 0 Å². The summed E-state index contributed by atoms with van der Waals surface area (Å²) in [6, 6.07) is 0. The van der Waals surface area contributed by atoms with Crippen LogP contribution in [0.3, 0.4) is 0 Å². The number of aliphatic hydroxyl groups is 6. The Morgan fingerprint density at radius 2 is 1.39 bits per heavy atom. The second kappa shape index (κ2) is 7.79. The molecule has 0 aromatic rings. The predicted octanol–water partition coefficient (Wildman–Crippen LogP) is 3.02. The van der Waals surface area contributed by atoms with E-state index in [-0.39, 0.29) is 34.2 Å². The summed E-state index contributed by atoms with van der Waals surface area (Å²) in [6.07, 6.45) is 1.92. The summed E-state index contributed by atoms with van der Waals surface area (Å²) in [7, 11) is 0. The van der Waals surface area contributed by atoms with Crippen molar-refractivity contribution >= 4 is 0 Å². The highest BCUT2D eigenvalue weighted by molar-refractivity contribution is 5.38. The van der Waals surface area contributed by atoms with E-state index in [0.717, 1.165) is 37.7 Å². The van der Waals surface area contributed by atoms with Crippen LogP contribution in [0.1, 0.15) is 87.0 Å². The quantitative estimate of drug-likeness (QED) is 0.304. The summed E-state index contributed by atoms with van der Waals surface area (Å²) in [6.45, 7) is 14.6. The molecule has 5 aliphatic rings. The lowest BCUT2D eigenvalue weighted by molar-refractivity contribution is -0.288. The largest absolute Gasteiger partial charge is 0.396 e. The monoisotopic (exact) mass is 506 g/mol. The molecule has 36 heavy (non-hydrogen) atoms. The normalized spacial score (nSPS) is 57.5. The number of hydrogen-bond donors (Lipinski definition) is 6. The highest BCUT2D eigenvalue weighted by atomic mass is 16.4. The molecule has 0 bridgehead atoms. The third-order valence-electron chi connectivity index (χ3n) is 13.5. The van der Waals surface area contributed by atoms with Gasteiger partial charge in [-0.3, -0.25) is 0 Å². The van der Waals surface area contributed by atoms with Crippen LogP contribution in [-0.4, -0.2) is 67.8 Å². The first-order valence-corrected chi connectivity index (χ1v) is 14.2. The molecule has 0 unspecified atom stereocenters. The summed E-state index contributed by atoms with van der Waals surface area (Å²) in [5.41, 5.74) is -2.16. The Morgan fingerprint density at radius 3 is 2.00 bits per heavy atom. The lowest BCUT2D eigenvalue weighted by Gasteiger charge is -2.73. The molecular formula is C30H50O6. The summed E-state index contributed by atoms with van der Waals surface area (Å²) in [4.78, 5) is 0. The van der Waals surface area contributed by atoms with Gasteiger partial charge >= 0.3 is 0 Å². The van der Waals surface area contributed by atoms with Crippen molar-refractivity contribution in [1.82, 2.24) is 0 Å². The van der Waals surface area contributed by atoms with Gasteiger partial charge in [0.2, 0.25) is 0 Å². The van der Waals surface area contributed by atoms with Gasteiger partial charge in [-0.15, -0.1) is 0 Å². The molecule has 5 rings (SSSR count). The molecule has 0 aromatic carbocycles. The van der Waals surface area contributed by atoms with E-state index < -0.39 is 47.3 Å². The van der Waals surface area contributed by atoms with Gasteiger partial charge in [-0.25, -0.2) is 0 Å². The summed E-state index contributed by atoms with van der Waals surface area (Å²) in [5.74, 6) is 0.310. The molecule has 4 saturated carbocycles. The highest BCUT2D eigenvalue weighted by Crippen LogP contribution is 2.75. The molecule has 4 fully saturated rings. The number of rotatable bonds is 1. The number of aliphatic hydroxyl groups excluding tert-OH is 6. The SMILES string of the molecule is CC1(C)C[C@@H]2C3=CC[C@H]4[C@@]5(C)CC[C@H](O)C(C)(C)[C@H]5CC[C@@]4(C)[C@]3(C)[C@@H](O)[C@H](O)[C@@]2(CO)[C@@H](O)[C@@H]1O. The maximum atomic E-state index is 12.0. The first-order chi connectivity index (χ1) is 16.5. The number of fused-ring (bicyclic) bond motifs is 7. The topological polar surface area (TPSA) is 121 Å².